The number of nitrogens with zero attached hydrogens (tertiary/aromatic N) is 3. The molecule has 0 aliphatic carbocycles. The number of carboxylic acid groups (broad SMARTS) is 1. The number of fused-ring (bicyclic) bond motifs is 1. The zero-order valence-electron chi connectivity index (χ0n) is 24.6. The Morgan fingerprint density at radius 1 is 1.05 bits per heavy atom. The first-order chi connectivity index (χ1) is 21.2. The van der Waals surface area contributed by atoms with E-state index < -0.39 is 17.5 Å². The van der Waals surface area contributed by atoms with Crippen molar-refractivity contribution in [2.24, 2.45) is 13.0 Å². The van der Waals surface area contributed by atoms with Gasteiger partial charge in [0.25, 0.3) is 0 Å². The third kappa shape index (κ3) is 5.09. The van der Waals surface area contributed by atoms with E-state index in [4.69, 9.17) is 14.2 Å². The molecule has 1 fully saturated rings. The summed E-state index contributed by atoms with van der Waals surface area (Å²) in [6, 6.07) is 9.92. The van der Waals surface area contributed by atoms with E-state index in [0.29, 0.717) is 66.5 Å². The van der Waals surface area contributed by atoms with Gasteiger partial charge in [0, 0.05) is 55.2 Å². The number of carbonyl (C=O) groups excluding carboxylic acids is 2. The minimum Gasteiger partial charge on any atom is -0.496 e. The molecule has 2 aliphatic rings. The van der Waals surface area contributed by atoms with Crippen molar-refractivity contribution in [3.8, 4) is 39.5 Å². The van der Waals surface area contributed by atoms with E-state index in [-0.39, 0.29) is 28.3 Å². The predicted molar refractivity (Wildman–Crippen MR) is 161 cm³/mol. The van der Waals surface area contributed by atoms with E-state index in [1.807, 2.05) is 20.2 Å². The lowest BCUT2D eigenvalue weighted by atomic mass is 9.70. The Morgan fingerprint density at radius 2 is 1.82 bits per heavy atom. The molecule has 2 N–H and O–H groups in total. The van der Waals surface area contributed by atoms with Gasteiger partial charge in [0.1, 0.15) is 28.8 Å². The number of methoxy groups -OCH3 is 1. The Kier molecular flexibility index (Phi) is 7.64. The van der Waals surface area contributed by atoms with E-state index in [2.05, 4.69) is 15.4 Å². The molecule has 0 saturated carbocycles. The third-order valence-corrected chi connectivity index (χ3v) is 8.24. The molecule has 2 aromatic carbocycles. The van der Waals surface area contributed by atoms with Gasteiger partial charge in [-0.25, -0.2) is 4.79 Å². The van der Waals surface area contributed by atoms with Crippen LogP contribution in [0.5, 0.6) is 17.2 Å². The second-order valence-corrected chi connectivity index (χ2v) is 10.9. The van der Waals surface area contributed by atoms with Gasteiger partial charge in [0.05, 0.1) is 36.6 Å². The van der Waals surface area contributed by atoms with Crippen molar-refractivity contribution < 1.29 is 33.7 Å². The summed E-state index contributed by atoms with van der Waals surface area (Å²) in [6.45, 7) is 3.38. The number of rotatable bonds is 8. The van der Waals surface area contributed by atoms with Crippen molar-refractivity contribution in [2.75, 3.05) is 26.8 Å². The molecule has 1 atom stereocenters. The lowest BCUT2D eigenvalue weighted by Crippen LogP contribution is -2.58. The minimum absolute atomic E-state index is 0.0262. The number of aromatic nitrogens is 3. The quantitative estimate of drug-likeness (QED) is 0.221. The Bertz CT molecular complexity index is 1770. The fraction of sp³-hybridized carbons (Fsp3) is 0.303. The van der Waals surface area contributed by atoms with Crippen LogP contribution in [-0.2, 0) is 7.05 Å². The summed E-state index contributed by atoms with van der Waals surface area (Å²) in [5.41, 5.74) is 2.06. The highest BCUT2D eigenvalue weighted by Gasteiger charge is 2.54. The van der Waals surface area contributed by atoms with Crippen LogP contribution in [0.25, 0.3) is 22.3 Å². The molecule has 11 nitrogen and oxygen atoms in total. The van der Waals surface area contributed by atoms with E-state index >= 15 is 0 Å². The Hall–Kier alpha value is -5.03. The topological polar surface area (TPSA) is 142 Å². The molecular weight excluding hydrogens is 564 g/mol. The normalized spacial score (nSPS) is 17.1. The van der Waals surface area contributed by atoms with Crippen LogP contribution < -0.4 is 19.5 Å². The first kappa shape index (κ1) is 29.1. The Morgan fingerprint density at radius 3 is 2.50 bits per heavy atom. The zero-order valence-corrected chi connectivity index (χ0v) is 24.6. The molecule has 4 heterocycles. The van der Waals surface area contributed by atoms with Gasteiger partial charge in [-0.3, -0.25) is 19.3 Å². The van der Waals surface area contributed by atoms with Crippen molar-refractivity contribution in [3.05, 3.63) is 77.9 Å². The Balaban J connectivity index is 1.45. The highest BCUT2D eigenvalue weighted by molar-refractivity contribution is 6.19. The smallest absolute Gasteiger partial charge is 0.337 e. The van der Waals surface area contributed by atoms with Crippen LogP contribution in [0.3, 0.4) is 0 Å². The van der Waals surface area contributed by atoms with Gasteiger partial charge in [-0.2, -0.15) is 5.10 Å². The zero-order chi connectivity index (χ0) is 31.0. The lowest BCUT2D eigenvalue weighted by Gasteiger charge is -2.45. The molecular formula is C33H32N4O7. The molecule has 226 valence electrons. The fourth-order valence-corrected chi connectivity index (χ4v) is 6.14. The summed E-state index contributed by atoms with van der Waals surface area (Å²) >= 11 is 0. The molecule has 1 saturated heterocycles. The number of aromatic carboxylic acids is 1. The summed E-state index contributed by atoms with van der Waals surface area (Å²) in [5, 5.41) is 17.0. The molecule has 11 heteroatoms. The lowest BCUT2D eigenvalue weighted by molar-refractivity contribution is -0.0138. The molecule has 2 aliphatic heterocycles. The van der Waals surface area contributed by atoms with Gasteiger partial charge < -0.3 is 24.6 Å². The van der Waals surface area contributed by atoms with Crippen molar-refractivity contribution in [1.29, 1.82) is 0 Å². The van der Waals surface area contributed by atoms with Crippen LogP contribution in [0.1, 0.15) is 50.8 Å². The van der Waals surface area contributed by atoms with Gasteiger partial charge in [-0.1, -0.05) is 6.07 Å². The van der Waals surface area contributed by atoms with E-state index in [0.717, 1.165) is 5.56 Å². The molecule has 4 aromatic rings. The van der Waals surface area contributed by atoms with Crippen molar-refractivity contribution in [1.82, 2.24) is 20.1 Å². The number of hydrogen-bond donors (Lipinski definition) is 2. The number of ether oxygens (including phenoxy) is 3. The van der Waals surface area contributed by atoms with Gasteiger partial charge >= 0.3 is 5.97 Å². The number of hydrogen-bond acceptors (Lipinski definition) is 9. The van der Waals surface area contributed by atoms with Gasteiger partial charge in [-0.15, -0.1) is 0 Å². The standard InChI is InChI=1S/C33H32N4O7/c1-4-43-27-14-20(13-26(42-3)28(27)23-17-36-37(2)18-23)30(38)29-31(39)24-12-19(21-11-22(32(40)41)16-35-15-21)5-6-25(24)44-33(29)7-9-34-10-8-33/h5-6,11-18,29,34H,4,7-10H2,1-3H3,(H,40,41)/t29-/m1/s1. The van der Waals surface area contributed by atoms with Gasteiger partial charge in [0.2, 0.25) is 0 Å². The second kappa shape index (κ2) is 11.6. The maximum Gasteiger partial charge on any atom is 0.337 e. The van der Waals surface area contributed by atoms with E-state index in [1.165, 1.54) is 25.6 Å². The maximum atomic E-state index is 14.5. The summed E-state index contributed by atoms with van der Waals surface area (Å²) in [6.07, 6.45) is 7.25. The molecule has 0 radical (unpaired) electrons. The summed E-state index contributed by atoms with van der Waals surface area (Å²) < 4.78 is 20.0. The first-order valence-electron chi connectivity index (χ1n) is 14.4. The number of Topliss-reactive ketones (excluding diaryl/α,β-unsaturated/α-hetero) is 2. The number of aryl methyl sites for hydroxylation is 1. The average molecular weight is 597 g/mol. The monoisotopic (exact) mass is 596 g/mol. The summed E-state index contributed by atoms with van der Waals surface area (Å²) in [7, 11) is 3.33. The average Bonchev–Trinajstić information content (AvgIpc) is 3.46. The largest absolute Gasteiger partial charge is 0.496 e. The SMILES string of the molecule is CCOc1cc(C(=O)[C@@H]2C(=O)c3cc(-c4cncc(C(=O)O)c4)ccc3OC23CCNCC3)cc(OC)c1-c1cnn(C)c1. The van der Waals surface area contributed by atoms with Crippen molar-refractivity contribution >= 4 is 17.5 Å². The number of pyridine rings is 1. The Labute approximate surface area is 253 Å². The van der Waals surface area contributed by atoms with Crippen LogP contribution >= 0.6 is 0 Å². The highest BCUT2D eigenvalue weighted by atomic mass is 16.5. The maximum absolute atomic E-state index is 14.5. The number of carboxylic acids is 1. The van der Waals surface area contributed by atoms with Crippen LogP contribution in [0, 0.1) is 5.92 Å². The van der Waals surface area contributed by atoms with Gasteiger partial charge in [0.15, 0.2) is 11.6 Å². The van der Waals surface area contributed by atoms with E-state index in [9.17, 15) is 19.5 Å². The number of nitrogens with one attached hydrogen (secondary N) is 1. The van der Waals surface area contributed by atoms with Crippen molar-refractivity contribution in [2.45, 2.75) is 25.4 Å². The molecule has 0 amide bonds. The van der Waals surface area contributed by atoms with Crippen LogP contribution in [-0.4, -0.2) is 69.8 Å². The van der Waals surface area contributed by atoms with Crippen LogP contribution in [0.2, 0.25) is 0 Å². The molecule has 6 rings (SSSR count). The highest BCUT2D eigenvalue weighted by Crippen LogP contribution is 2.46. The number of carbonyl (C=O) groups is 3. The predicted octanol–water partition coefficient (Wildman–Crippen LogP) is 4.45. The number of benzene rings is 2. The van der Waals surface area contributed by atoms with Crippen molar-refractivity contribution in [3.63, 3.8) is 0 Å². The first-order valence-corrected chi connectivity index (χ1v) is 14.4. The third-order valence-electron chi connectivity index (χ3n) is 8.24. The number of piperidine rings is 1. The van der Waals surface area contributed by atoms with E-state index in [1.54, 1.807) is 41.2 Å². The molecule has 44 heavy (non-hydrogen) atoms. The number of ketones is 2. The summed E-state index contributed by atoms with van der Waals surface area (Å²) in [4.78, 5) is 44.5. The van der Waals surface area contributed by atoms with Gasteiger partial charge in [-0.05, 0) is 55.9 Å². The van der Waals surface area contributed by atoms with Crippen LogP contribution in [0.4, 0.5) is 0 Å². The summed E-state index contributed by atoms with van der Waals surface area (Å²) in [5.74, 6) is -1.71. The molecule has 0 bridgehead atoms. The molecule has 0 unspecified atom stereocenters. The van der Waals surface area contributed by atoms with Crippen LogP contribution in [0.15, 0.2) is 61.2 Å². The minimum atomic E-state index is -1.13. The molecule has 2 aromatic heterocycles. The second-order valence-electron chi connectivity index (χ2n) is 10.9. The fourth-order valence-electron chi connectivity index (χ4n) is 6.14. The molecule has 1 spiro atoms.